The van der Waals surface area contributed by atoms with Gasteiger partial charge in [-0.15, -0.1) is 34.4 Å². The number of thiophene rings is 1. The van der Waals surface area contributed by atoms with Gasteiger partial charge in [0.1, 0.15) is 11.5 Å². The van der Waals surface area contributed by atoms with Crippen LogP contribution in [0.2, 0.25) is 0 Å². The van der Waals surface area contributed by atoms with Crippen molar-refractivity contribution in [2.75, 3.05) is 10.6 Å². The van der Waals surface area contributed by atoms with Gasteiger partial charge in [-0.1, -0.05) is 36.4 Å². The van der Waals surface area contributed by atoms with E-state index in [4.69, 9.17) is 0 Å². The Hall–Kier alpha value is -4.58. The van der Waals surface area contributed by atoms with Gasteiger partial charge in [0.15, 0.2) is 5.13 Å². The molecule has 7 nitrogen and oxygen atoms in total. The van der Waals surface area contributed by atoms with E-state index in [2.05, 4.69) is 20.9 Å². The fourth-order valence-electron chi connectivity index (χ4n) is 3.82. The summed E-state index contributed by atoms with van der Waals surface area (Å²) in [6, 6.07) is 25.1. The normalized spacial score (nSPS) is 11.9. The average Bonchev–Trinajstić information content (AvgIpc) is 3.72. The van der Waals surface area contributed by atoms with Crippen molar-refractivity contribution < 1.29 is 18.8 Å². The Morgan fingerprint density at radius 3 is 2.33 bits per heavy atom. The Morgan fingerprint density at radius 1 is 0.884 bits per heavy atom. The molecule has 3 aromatic carbocycles. The first-order valence-electron chi connectivity index (χ1n) is 13.1. The van der Waals surface area contributed by atoms with Crippen molar-refractivity contribution in [3.63, 3.8) is 0 Å². The number of carbonyl (C=O) groups is 3. The quantitative estimate of drug-likeness (QED) is 0.110. The molecule has 2 aromatic heterocycles. The number of hydrogen-bond donors (Lipinski definition) is 3. The summed E-state index contributed by atoms with van der Waals surface area (Å²) in [6.07, 6.45) is 1.48. The highest BCUT2D eigenvalue weighted by Gasteiger charge is 2.18. The number of nitrogens with one attached hydrogen (secondary N) is 3. The standard InChI is InChI=1S/C32H25FN4O3S3/c1-20(29(38)37-32-36-27(19-42-32)28-8-5-17-41-28)43-25-15-13-24(14-16-25)34-31(40)26(18-21-9-11-23(33)12-10-21)35-30(39)22-6-3-2-4-7-22/h2-20H,1H3,(H,34,40)(H,35,39)(H,36,37,38)/b26-18-. The Kier molecular flexibility index (Phi) is 9.77. The second-order valence-electron chi connectivity index (χ2n) is 9.17. The highest BCUT2D eigenvalue weighted by molar-refractivity contribution is 8.00. The molecule has 0 aliphatic heterocycles. The van der Waals surface area contributed by atoms with E-state index in [1.54, 1.807) is 65.9 Å². The number of hydrogen-bond acceptors (Lipinski definition) is 7. The molecule has 0 fully saturated rings. The van der Waals surface area contributed by atoms with Crippen LogP contribution < -0.4 is 16.0 Å². The predicted octanol–water partition coefficient (Wildman–Crippen LogP) is 7.54. The molecule has 5 aromatic rings. The van der Waals surface area contributed by atoms with Crippen LogP contribution in [0.1, 0.15) is 22.8 Å². The van der Waals surface area contributed by atoms with Crippen molar-refractivity contribution in [3.8, 4) is 10.6 Å². The van der Waals surface area contributed by atoms with Crippen LogP contribution in [0, 0.1) is 5.82 Å². The second kappa shape index (κ2) is 14.1. The van der Waals surface area contributed by atoms with Gasteiger partial charge in [-0.05, 0) is 78.5 Å². The fourth-order valence-corrected chi connectivity index (χ4v) is 6.16. The molecule has 3 N–H and O–H groups in total. The topological polar surface area (TPSA) is 100 Å². The van der Waals surface area contributed by atoms with Gasteiger partial charge in [0.05, 0.1) is 15.8 Å². The van der Waals surface area contributed by atoms with Gasteiger partial charge in [-0.2, -0.15) is 0 Å². The van der Waals surface area contributed by atoms with Crippen molar-refractivity contribution in [1.29, 1.82) is 0 Å². The summed E-state index contributed by atoms with van der Waals surface area (Å²) in [5.74, 6) is -1.58. The van der Waals surface area contributed by atoms with Crippen LogP contribution >= 0.6 is 34.4 Å². The Balaban J connectivity index is 1.21. The van der Waals surface area contributed by atoms with Crippen LogP contribution in [0.4, 0.5) is 15.2 Å². The van der Waals surface area contributed by atoms with E-state index in [9.17, 15) is 18.8 Å². The van der Waals surface area contributed by atoms with Gasteiger partial charge in [-0.3, -0.25) is 14.4 Å². The molecule has 0 saturated carbocycles. The van der Waals surface area contributed by atoms with E-state index >= 15 is 0 Å². The summed E-state index contributed by atoms with van der Waals surface area (Å²) in [6.45, 7) is 1.81. The number of benzene rings is 3. The Labute approximate surface area is 259 Å². The molecule has 0 bridgehead atoms. The number of aromatic nitrogens is 1. The van der Waals surface area contributed by atoms with E-state index in [0.717, 1.165) is 15.5 Å². The number of amides is 3. The number of thioether (sulfide) groups is 1. The van der Waals surface area contributed by atoms with Crippen LogP contribution in [0.3, 0.4) is 0 Å². The second-order valence-corrected chi connectivity index (χ2v) is 12.4. The summed E-state index contributed by atoms with van der Waals surface area (Å²) in [5, 5.41) is 12.4. The maximum absolute atomic E-state index is 13.4. The highest BCUT2D eigenvalue weighted by Crippen LogP contribution is 2.30. The van der Waals surface area contributed by atoms with Crippen LogP contribution in [-0.2, 0) is 9.59 Å². The SMILES string of the molecule is CC(Sc1ccc(NC(=O)/C(=C/c2ccc(F)cc2)NC(=O)c2ccccc2)cc1)C(=O)Nc1nc(-c2cccs2)cs1. The minimum Gasteiger partial charge on any atom is -0.321 e. The summed E-state index contributed by atoms with van der Waals surface area (Å²) >= 11 is 4.34. The van der Waals surface area contributed by atoms with Crippen LogP contribution in [0.25, 0.3) is 16.6 Å². The molecule has 2 heterocycles. The van der Waals surface area contributed by atoms with Gasteiger partial charge in [0.25, 0.3) is 11.8 Å². The minimum absolute atomic E-state index is 0.00590. The number of carbonyl (C=O) groups excluding carboxylic acids is 3. The molecule has 3 amide bonds. The molecular weight excluding hydrogens is 604 g/mol. The third-order valence-corrected chi connectivity index (χ3v) is 8.77. The van der Waals surface area contributed by atoms with Gasteiger partial charge in [0.2, 0.25) is 5.91 Å². The molecule has 0 saturated heterocycles. The zero-order chi connectivity index (χ0) is 30.2. The van der Waals surface area contributed by atoms with Gasteiger partial charge in [0, 0.05) is 21.5 Å². The fraction of sp³-hybridized carbons (Fsp3) is 0.0625. The number of halogens is 1. The number of rotatable bonds is 10. The van der Waals surface area contributed by atoms with E-state index < -0.39 is 22.9 Å². The smallest absolute Gasteiger partial charge is 0.272 e. The molecular formula is C32H25FN4O3S3. The first kappa shape index (κ1) is 29.9. The third-order valence-electron chi connectivity index (χ3n) is 6.01. The lowest BCUT2D eigenvalue weighted by Crippen LogP contribution is -2.30. The Morgan fingerprint density at radius 2 is 1.63 bits per heavy atom. The van der Waals surface area contributed by atoms with Crippen LogP contribution in [-0.4, -0.2) is 28.0 Å². The summed E-state index contributed by atoms with van der Waals surface area (Å²) in [4.78, 5) is 45.2. The van der Waals surface area contributed by atoms with Crippen LogP contribution in [0.5, 0.6) is 0 Å². The van der Waals surface area contributed by atoms with Gasteiger partial charge in [-0.25, -0.2) is 9.37 Å². The van der Waals surface area contributed by atoms with E-state index in [0.29, 0.717) is 21.9 Å². The molecule has 0 radical (unpaired) electrons. The molecule has 0 spiro atoms. The molecule has 0 aliphatic carbocycles. The monoisotopic (exact) mass is 628 g/mol. The Bertz CT molecular complexity index is 1740. The van der Waals surface area contributed by atoms with Crippen LogP contribution in [0.15, 0.2) is 112 Å². The summed E-state index contributed by atoms with van der Waals surface area (Å²) in [5.41, 5.74) is 2.25. The minimum atomic E-state index is -0.549. The maximum atomic E-state index is 13.4. The van der Waals surface area contributed by atoms with E-state index in [1.165, 1.54) is 53.4 Å². The van der Waals surface area contributed by atoms with Gasteiger partial charge < -0.3 is 16.0 Å². The predicted molar refractivity (Wildman–Crippen MR) is 173 cm³/mol. The number of nitrogens with zero attached hydrogens (tertiary/aromatic N) is 1. The molecule has 0 aliphatic rings. The summed E-state index contributed by atoms with van der Waals surface area (Å²) in [7, 11) is 0. The molecule has 1 unspecified atom stereocenters. The highest BCUT2D eigenvalue weighted by atomic mass is 32.2. The third kappa shape index (κ3) is 8.25. The molecule has 5 rings (SSSR count). The largest absolute Gasteiger partial charge is 0.321 e. The molecule has 11 heteroatoms. The lowest BCUT2D eigenvalue weighted by molar-refractivity contribution is -0.115. The van der Waals surface area contributed by atoms with Gasteiger partial charge >= 0.3 is 0 Å². The molecule has 1 atom stereocenters. The van der Waals surface area contributed by atoms with Crippen molar-refractivity contribution >= 4 is 69.1 Å². The maximum Gasteiger partial charge on any atom is 0.272 e. The van der Waals surface area contributed by atoms with Crippen molar-refractivity contribution in [1.82, 2.24) is 10.3 Å². The summed E-state index contributed by atoms with van der Waals surface area (Å²) < 4.78 is 13.4. The zero-order valence-electron chi connectivity index (χ0n) is 22.7. The molecule has 216 valence electrons. The van der Waals surface area contributed by atoms with Crippen molar-refractivity contribution in [2.45, 2.75) is 17.1 Å². The average molecular weight is 629 g/mol. The van der Waals surface area contributed by atoms with Crippen molar-refractivity contribution in [2.24, 2.45) is 0 Å². The number of anilines is 2. The molecule has 43 heavy (non-hydrogen) atoms. The van der Waals surface area contributed by atoms with E-state index in [-0.39, 0.29) is 11.6 Å². The first-order chi connectivity index (χ1) is 20.8. The van der Waals surface area contributed by atoms with E-state index in [1.807, 2.05) is 29.8 Å². The number of thiazole rings is 1. The lowest BCUT2D eigenvalue weighted by atomic mass is 10.1. The zero-order valence-corrected chi connectivity index (χ0v) is 25.2. The van der Waals surface area contributed by atoms with Crippen molar-refractivity contribution in [3.05, 3.63) is 124 Å². The lowest BCUT2D eigenvalue weighted by Gasteiger charge is -2.13. The first-order valence-corrected chi connectivity index (χ1v) is 15.7.